The molecule has 9 heteroatoms. The van der Waals surface area contributed by atoms with E-state index in [2.05, 4.69) is 54.3 Å². The van der Waals surface area contributed by atoms with Crippen LogP contribution in [0.25, 0.3) is 0 Å². The lowest BCUT2D eigenvalue weighted by Gasteiger charge is -2.31. The molecule has 0 bridgehead atoms. The molecule has 5 heterocycles. The van der Waals surface area contributed by atoms with E-state index in [-0.39, 0.29) is 0 Å². The van der Waals surface area contributed by atoms with Gasteiger partial charge in [-0.2, -0.15) is 0 Å². The lowest BCUT2D eigenvalue weighted by molar-refractivity contribution is 0.176. The second-order valence-electron chi connectivity index (χ2n) is 9.72. The van der Waals surface area contributed by atoms with Crippen molar-refractivity contribution in [2.45, 2.75) is 58.4 Å². The number of anilines is 2. The van der Waals surface area contributed by atoms with Crippen molar-refractivity contribution in [3.63, 3.8) is 0 Å². The molecule has 0 unspecified atom stereocenters. The van der Waals surface area contributed by atoms with Gasteiger partial charge in [-0.15, -0.1) is 10.2 Å². The van der Waals surface area contributed by atoms with Gasteiger partial charge >= 0.3 is 0 Å². The van der Waals surface area contributed by atoms with E-state index >= 15 is 0 Å². The summed E-state index contributed by atoms with van der Waals surface area (Å²) in [6, 6.07) is 6.25. The summed E-state index contributed by atoms with van der Waals surface area (Å²) < 4.78 is 0. The fourth-order valence-corrected chi connectivity index (χ4v) is 5.72. The number of hydrogen-bond acceptors (Lipinski definition) is 9. The Bertz CT molecular complexity index is 1060. The predicted octanol–water partition coefficient (Wildman–Crippen LogP) is 4.12. The summed E-state index contributed by atoms with van der Waals surface area (Å²) in [6.45, 7) is 8.79. The Balaban J connectivity index is 1.08. The standard InChI is InChI=1S/C26H36N8S/c1-2-23-27-17-21(18-28-23)19-34-13-8-20(9-14-34)16-22-6-5-7-24(29-22)30-26-32-31-25(35-26)10-15-33-11-3-4-12-33/h5-7,17-18,20H,2-4,8-16,19H2,1H3,(H,29,30,32). The summed E-state index contributed by atoms with van der Waals surface area (Å²) in [5, 5.41) is 14.0. The maximum absolute atomic E-state index is 4.87. The van der Waals surface area contributed by atoms with Crippen LogP contribution in [0.5, 0.6) is 0 Å². The van der Waals surface area contributed by atoms with Crippen LogP contribution in [0, 0.1) is 5.92 Å². The molecule has 0 aliphatic carbocycles. The van der Waals surface area contributed by atoms with Crippen LogP contribution in [0.1, 0.15) is 54.7 Å². The molecule has 0 amide bonds. The van der Waals surface area contributed by atoms with Gasteiger partial charge in [0.15, 0.2) is 0 Å². The molecular weight excluding hydrogens is 456 g/mol. The van der Waals surface area contributed by atoms with Gasteiger partial charge in [-0.25, -0.2) is 15.0 Å². The van der Waals surface area contributed by atoms with Crippen LogP contribution in [-0.4, -0.2) is 67.7 Å². The lowest BCUT2D eigenvalue weighted by atomic mass is 9.92. The van der Waals surface area contributed by atoms with Gasteiger partial charge in [0.2, 0.25) is 5.13 Å². The van der Waals surface area contributed by atoms with Crippen LogP contribution < -0.4 is 5.32 Å². The zero-order valence-corrected chi connectivity index (χ0v) is 21.5. The average molecular weight is 493 g/mol. The Morgan fingerprint density at radius 3 is 2.57 bits per heavy atom. The number of pyridine rings is 1. The molecule has 3 aromatic heterocycles. The number of piperidine rings is 1. The van der Waals surface area contributed by atoms with Gasteiger partial charge in [0.1, 0.15) is 16.6 Å². The minimum absolute atomic E-state index is 0.673. The lowest BCUT2D eigenvalue weighted by Crippen LogP contribution is -2.34. The van der Waals surface area contributed by atoms with Gasteiger partial charge in [0.05, 0.1) is 0 Å². The van der Waals surface area contributed by atoms with E-state index in [1.807, 2.05) is 18.5 Å². The van der Waals surface area contributed by atoms with E-state index in [0.717, 1.165) is 72.9 Å². The van der Waals surface area contributed by atoms with Crippen molar-refractivity contribution in [3.8, 4) is 0 Å². The van der Waals surface area contributed by atoms with Crippen LogP contribution in [0.3, 0.4) is 0 Å². The van der Waals surface area contributed by atoms with Crippen molar-refractivity contribution in [1.29, 1.82) is 0 Å². The van der Waals surface area contributed by atoms with Crippen molar-refractivity contribution in [3.05, 3.63) is 52.7 Å². The first-order chi connectivity index (χ1) is 17.2. The molecule has 2 saturated heterocycles. The molecule has 2 fully saturated rings. The van der Waals surface area contributed by atoms with Crippen LogP contribution in [0.4, 0.5) is 10.9 Å². The molecule has 0 spiro atoms. The summed E-state index contributed by atoms with van der Waals surface area (Å²) in [4.78, 5) is 18.8. The highest BCUT2D eigenvalue weighted by atomic mass is 32.1. The van der Waals surface area contributed by atoms with Crippen molar-refractivity contribution in [2.75, 3.05) is 38.0 Å². The molecule has 2 aliphatic heterocycles. The number of nitrogens with zero attached hydrogens (tertiary/aromatic N) is 7. The van der Waals surface area contributed by atoms with E-state index in [4.69, 9.17) is 4.98 Å². The third kappa shape index (κ3) is 7.02. The van der Waals surface area contributed by atoms with Crippen LogP contribution in [0.15, 0.2) is 30.6 Å². The largest absolute Gasteiger partial charge is 0.315 e. The quantitative estimate of drug-likeness (QED) is 0.453. The Hall–Kier alpha value is -2.49. The van der Waals surface area contributed by atoms with Crippen LogP contribution in [0.2, 0.25) is 0 Å². The van der Waals surface area contributed by atoms with Gasteiger partial charge in [0.25, 0.3) is 0 Å². The maximum Gasteiger partial charge on any atom is 0.211 e. The Morgan fingerprint density at radius 1 is 1.00 bits per heavy atom. The normalized spacial score (nSPS) is 17.7. The van der Waals surface area contributed by atoms with Gasteiger partial charge < -0.3 is 10.2 Å². The van der Waals surface area contributed by atoms with Crippen molar-refractivity contribution in [2.24, 2.45) is 5.92 Å². The molecule has 5 rings (SSSR count). The molecule has 0 radical (unpaired) electrons. The van der Waals surface area contributed by atoms with E-state index < -0.39 is 0 Å². The highest BCUT2D eigenvalue weighted by Crippen LogP contribution is 2.24. The second kappa shape index (κ2) is 12.0. The number of aromatic nitrogens is 5. The van der Waals surface area contributed by atoms with Crippen LogP contribution >= 0.6 is 11.3 Å². The molecular formula is C26H36N8S. The molecule has 35 heavy (non-hydrogen) atoms. The number of hydrogen-bond donors (Lipinski definition) is 1. The van der Waals surface area contributed by atoms with Crippen LogP contribution in [-0.2, 0) is 25.8 Å². The summed E-state index contributed by atoms with van der Waals surface area (Å²) in [5.41, 5.74) is 2.35. The average Bonchev–Trinajstić information content (AvgIpc) is 3.57. The molecule has 186 valence electrons. The zero-order valence-electron chi connectivity index (χ0n) is 20.7. The SMILES string of the molecule is CCc1ncc(CN2CCC(Cc3cccc(Nc4nnc(CCN5CCCC5)s4)n3)CC2)cn1. The highest BCUT2D eigenvalue weighted by Gasteiger charge is 2.20. The molecule has 8 nitrogen and oxygen atoms in total. The number of rotatable bonds is 10. The van der Waals surface area contributed by atoms with E-state index in [9.17, 15) is 0 Å². The van der Waals surface area contributed by atoms with Gasteiger partial charge in [-0.1, -0.05) is 24.3 Å². The van der Waals surface area contributed by atoms with Gasteiger partial charge in [0, 0.05) is 49.6 Å². The minimum atomic E-state index is 0.673. The molecule has 0 atom stereocenters. The first-order valence-electron chi connectivity index (χ1n) is 13.0. The molecule has 1 N–H and O–H groups in total. The first-order valence-corrected chi connectivity index (χ1v) is 13.8. The topological polar surface area (TPSA) is 83.0 Å². The Morgan fingerprint density at radius 2 is 1.80 bits per heavy atom. The monoisotopic (exact) mass is 492 g/mol. The minimum Gasteiger partial charge on any atom is -0.315 e. The van der Waals surface area contributed by atoms with Crippen molar-refractivity contribution >= 4 is 22.3 Å². The molecule has 2 aliphatic rings. The molecule has 3 aromatic rings. The predicted molar refractivity (Wildman–Crippen MR) is 140 cm³/mol. The fourth-order valence-electron chi connectivity index (χ4n) is 4.99. The van der Waals surface area contributed by atoms with E-state index in [1.165, 1.54) is 44.3 Å². The number of likely N-dealkylation sites (tertiary alicyclic amines) is 2. The Kier molecular flexibility index (Phi) is 8.28. The Labute approximate surface area is 212 Å². The summed E-state index contributed by atoms with van der Waals surface area (Å²) in [7, 11) is 0. The smallest absolute Gasteiger partial charge is 0.211 e. The number of aryl methyl sites for hydroxylation is 1. The first kappa shape index (κ1) is 24.2. The van der Waals surface area contributed by atoms with E-state index in [1.54, 1.807) is 11.3 Å². The van der Waals surface area contributed by atoms with Gasteiger partial charge in [-0.05, 0) is 76.3 Å². The molecule has 0 saturated carbocycles. The third-order valence-corrected chi connectivity index (χ3v) is 7.93. The van der Waals surface area contributed by atoms with Gasteiger partial charge in [-0.3, -0.25) is 4.90 Å². The maximum atomic E-state index is 4.87. The van der Waals surface area contributed by atoms with Crippen molar-refractivity contribution in [1.82, 2.24) is 34.9 Å². The summed E-state index contributed by atoms with van der Waals surface area (Å²) in [5.74, 6) is 2.45. The third-order valence-electron chi connectivity index (χ3n) is 7.04. The second-order valence-corrected chi connectivity index (χ2v) is 10.8. The summed E-state index contributed by atoms with van der Waals surface area (Å²) >= 11 is 1.64. The van der Waals surface area contributed by atoms with E-state index in [0.29, 0.717) is 5.92 Å². The number of nitrogens with one attached hydrogen (secondary N) is 1. The van der Waals surface area contributed by atoms with Crippen molar-refractivity contribution < 1.29 is 0 Å². The summed E-state index contributed by atoms with van der Waals surface area (Å²) in [6.07, 6.45) is 11.9. The molecule has 0 aromatic carbocycles. The zero-order chi connectivity index (χ0) is 23.9. The fraction of sp³-hybridized carbons (Fsp3) is 0.577. The highest BCUT2D eigenvalue weighted by molar-refractivity contribution is 7.15.